The van der Waals surface area contributed by atoms with Crippen molar-refractivity contribution in [2.24, 2.45) is 0 Å². The molecule has 136 valence electrons. The molecule has 6 nitrogen and oxygen atoms in total. The van der Waals surface area contributed by atoms with Gasteiger partial charge in [-0.2, -0.15) is 0 Å². The molecule has 1 aromatic rings. The highest BCUT2D eigenvalue weighted by Gasteiger charge is 2.35. The summed E-state index contributed by atoms with van der Waals surface area (Å²) in [6.07, 6.45) is 0. The van der Waals surface area contributed by atoms with Crippen LogP contribution in [0.1, 0.15) is 19.4 Å². The summed E-state index contributed by atoms with van der Waals surface area (Å²) in [6.45, 7) is 9.84. The molecule has 0 saturated carbocycles. The van der Waals surface area contributed by atoms with Crippen LogP contribution in [0.3, 0.4) is 0 Å². The van der Waals surface area contributed by atoms with Crippen molar-refractivity contribution in [2.75, 3.05) is 45.8 Å². The minimum absolute atomic E-state index is 0.00758. The van der Waals surface area contributed by atoms with E-state index in [4.69, 9.17) is 0 Å². The molecule has 0 aromatic heterocycles. The number of amides is 2. The van der Waals surface area contributed by atoms with Crippen LogP contribution < -0.4 is 5.32 Å². The average Bonchev–Trinajstić information content (AvgIpc) is 2.58. The van der Waals surface area contributed by atoms with Crippen molar-refractivity contribution in [3.8, 4) is 0 Å². The van der Waals surface area contributed by atoms with Crippen LogP contribution in [0.5, 0.6) is 0 Å². The lowest BCUT2D eigenvalue weighted by Crippen LogP contribution is -2.60. The summed E-state index contributed by atoms with van der Waals surface area (Å²) < 4.78 is 0. The summed E-state index contributed by atoms with van der Waals surface area (Å²) in [7, 11) is 0. The Kier molecular flexibility index (Phi) is 5.39. The Bertz CT molecular complexity index is 617. The van der Waals surface area contributed by atoms with Crippen LogP contribution in [0, 0.1) is 0 Å². The van der Waals surface area contributed by atoms with Gasteiger partial charge in [-0.1, -0.05) is 30.3 Å². The zero-order chi connectivity index (χ0) is 17.9. The first kappa shape index (κ1) is 17.9. The van der Waals surface area contributed by atoms with Crippen LogP contribution in [-0.4, -0.2) is 77.9 Å². The maximum Gasteiger partial charge on any atom is 0.239 e. The predicted octanol–water partition coefficient (Wildman–Crippen LogP) is 0.541. The van der Waals surface area contributed by atoms with E-state index >= 15 is 0 Å². The topological polar surface area (TPSA) is 55.9 Å². The molecule has 0 unspecified atom stereocenters. The second-order valence-electron chi connectivity index (χ2n) is 7.60. The fourth-order valence-corrected chi connectivity index (χ4v) is 3.67. The number of hydrogen-bond acceptors (Lipinski definition) is 4. The predicted molar refractivity (Wildman–Crippen MR) is 97.0 cm³/mol. The highest BCUT2D eigenvalue weighted by Crippen LogP contribution is 2.23. The molecule has 0 radical (unpaired) electrons. The Labute approximate surface area is 149 Å². The first-order valence-electron chi connectivity index (χ1n) is 9.00. The molecule has 2 fully saturated rings. The van der Waals surface area contributed by atoms with E-state index in [2.05, 4.69) is 53.2 Å². The Morgan fingerprint density at radius 1 is 1.16 bits per heavy atom. The number of nitrogens with zero attached hydrogens (tertiary/aromatic N) is 3. The fourth-order valence-electron chi connectivity index (χ4n) is 3.67. The molecule has 0 bridgehead atoms. The molecule has 1 N–H and O–H groups in total. The molecule has 6 heteroatoms. The quantitative estimate of drug-likeness (QED) is 0.866. The van der Waals surface area contributed by atoms with Gasteiger partial charge in [-0.3, -0.25) is 19.4 Å². The van der Waals surface area contributed by atoms with Crippen molar-refractivity contribution >= 4 is 11.8 Å². The molecular weight excluding hydrogens is 316 g/mol. The van der Waals surface area contributed by atoms with Gasteiger partial charge in [-0.25, -0.2) is 0 Å². The SMILES string of the molecule is CC1(C)CN(CC(=O)N2CCNC(=O)C2)CCN1Cc1ccccc1. The highest BCUT2D eigenvalue weighted by atomic mass is 16.2. The zero-order valence-electron chi connectivity index (χ0n) is 15.2. The molecular formula is C19H28N4O2. The van der Waals surface area contributed by atoms with E-state index in [1.165, 1.54) is 5.56 Å². The minimum atomic E-state index is -0.0624. The number of hydrogen-bond donors (Lipinski definition) is 1. The Morgan fingerprint density at radius 2 is 1.92 bits per heavy atom. The molecule has 0 atom stereocenters. The van der Waals surface area contributed by atoms with E-state index in [1.54, 1.807) is 4.90 Å². The van der Waals surface area contributed by atoms with Crippen LogP contribution in [0.15, 0.2) is 30.3 Å². The van der Waals surface area contributed by atoms with Gasteiger partial charge < -0.3 is 10.2 Å². The van der Waals surface area contributed by atoms with Gasteiger partial charge >= 0.3 is 0 Å². The molecule has 2 aliphatic heterocycles. The van der Waals surface area contributed by atoms with Crippen LogP contribution in [-0.2, 0) is 16.1 Å². The molecule has 2 saturated heterocycles. The number of benzene rings is 1. The second-order valence-corrected chi connectivity index (χ2v) is 7.60. The number of nitrogens with one attached hydrogen (secondary N) is 1. The summed E-state index contributed by atoms with van der Waals surface area (Å²) in [5, 5.41) is 2.76. The largest absolute Gasteiger partial charge is 0.353 e. The summed E-state index contributed by atoms with van der Waals surface area (Å²) in [5.74, 6) is -0.00484. The van der Waals surface area contributed by atoms with E-state index in [1.807, 2.05) is 6.07 Å². The Hall–Kier alpha value is -1.92. The van der Waals surface area contributed by atoms with E-state index in [0.29, 0.717) is 19.6 Å². The number of carbonyl (C=O) groups is 2. The zero-order valence-corrected chi connectivity index (χ0v) is 15.2. The van der Waals surface area contributed by atoms with Gasteiger partial charge in [0.1, 0.15) is 0 Å². The first-order valence-corrected chi connectivity index (χ1v) is 9.00. The first-order chi connectivity index (χ1) is 11.9. The molecule has 2 aliphatic rings. The molecule has 0 spiro atoms. The number of carbonyl (C=O) groups excluding carboxylic acids is 2. The molecule has 0 aliphatic carbocycles. The second kappa shape index (κ2) is 7.54. The molecule has 25 heavy (non-hydrogen) atoms. The lowest BCUT2D eigenvalue weighted by atomic mass is 9.97. The van der Waals surface area contributed by atoms with Gasteiger partial charge in [0, 0.05) is 44.8 Å². The molecule has 3 rings (SSSR count). The lowest BCUT2D eigenvalue weighted by molar-refractivity contribution is -0.140. The Balaban J connectivity index is 1.54. The van der Waals surface area contributed by atoms with E-state index in [0.717, 1.165) is 26.2 Å². The minimum Gasteiger partial charge on any atom is -0.353 e. The summed E-state index contributed by atoms with van der Waals surface area (Å²) in [6, 6.07) is 10.5. The maximum atomic E-state index is 12.5. The monoisotopic (exact) mass is 344 g/mol. The van der Waals surface area contributed by atoms with Crippen LogP contribution in [0.2, 0.25) is 0 Å². The van der Waals surface area contributed by atoms with Crippen LogP contribution >= 0.6 is 0 Å². The third kappa shape index (κ3) is 4.58. The molecule has 1 aromatic carbocycles. The fraction of sp³-hybridized carbons (Fsp3) is 0.579. The van der Waals surface area contributed by atoms with Gasteiger partial charge in [-0.05, 0) is 19.4 Å². The third-order valence-corrected chi connectivity index (χ3v) is 5.12. The highest BCUT2D eigenvalue weighted by molar-refractivity contribution is 5.86. The van der Waals surface area contributed by atoms with E-state index in [-0.39, 0.29) is 23.9 Å². The van der Waals surface area contributed by atoms with E-state index in [9.17, 15) is 9.59 Å². The van der Waals surface area contributed by atoms with Gasteiger partial charge in [0.05, 0.1) is 13.1 Å². The molecule has 2 heterocycles. The van der Waals surface area contributed by atoms with Gasteiger partial charge in [0.2, 0.25) is 11.8 Å². The summed E-state index contributed by atoms with van der Waals surface area (Å²) in [4.78, 5) is 30.3. The van der Waals surface area contributed by atoms with Gasteiger partial charge in [0.15, 0.2) is 0 Å². The average molecular weight is 344 g/mol. The maximum absolute atomic E-state index is 12.5. The number of rotatable bonds is 4. The number of piperazine rings is 2. The van der Waals surface area contributed by atoms with Crippen LogP contribution in [0.4, 0.5) is 0 Å². The summed E-state index contributed by atoms with van der Waals surface area (Å²) >= 11 is 0. The standard InChI is InChI=1S/C19H28N4O2/c1-19(2)15-21(14-18(25)22-9-8-20-17(24)13-22)10-11-23(19)12-16-6-4-3-5-7-16/h3-7H,8-15H2,1-2H3,(H,20,24). The molecule has 2 amide bonds. The van der Waals surface area contributed by atoms with Gasteiger partial charge in [0.25, 0.3) is 0 Å². The van der Waals surface area contributed by atoms with E-state index < -0.39 is 0 Å². The van der Waals surface area contributed by atoms with Crippen molar-refractivity contribution in [2.45, 2.75) is 25.9 Å². The van der Waals surface area contributed by atoms with Crippen LogP contribution in [0.25, 0.3) is 0 Å². The van der Waals surface area contributed by atoms with Crippen molar-refractivity contribution in [3.05, 3.63) is 35.9 Å². The lowest BCUT2D eigenvalue weighted by Gasteiger charge is -2.47. The Morgan fingerprint density at radius 3 is 2.60 bits per heavy atom. The normalized spacial score (nSPS) is 21.8. The van der Waals surface area contributed by atoms with Crippen molar-refractivity contribution in [1.82, 2.24) is 20.0 Å². The van der Waals surface area contributed by atoms with Crippen molar-refractivity contribution in [3.63, 3.8) is 0 Å². The van der Waals surface area contributed by atoms with Crippen molar-refractivity contribution in [1.29, 1.82) is 0 Å². The smallest absolute Gasteiger partial charge is 0.239 e. The van der Waals surface area contributed by atoms with Crippen molar-refractivity contribution < 1.29 is 9.59 Å². The third-order valence-electron chi connectivity index (χ3n) is 5.12. The summed E-state index contributed by atoms with van der Waals surface area (Å²) in [5.41, 5.74) is 1.33. The van der Waals surface area contributed by atoms with Gasteiger partial charge in [-0.15, -0.1) is 0 Å².